The predicted molar refractivity (Wildman–Crippen MR) is 64.6 cm³/mol. The molecule has 0 aromatic heterocycles. The van der Waals surface area contributed by atoms with Gasteiger partial charge in [0.2, 0.25) is 0 Å². The second-order valence-corrected chi connectivity index (χ2v) is 5.00. The summed E-state index contributed by atoms with van der Waals surface area (Å²) in [6, 6.07) is 0.744. The van der Waals surface area contributed by atoms with E-state index in [1.165, 1.54) is 25.7 Å². The summed E-state index contributed by atoms with van der Waals surface area (Å²) in [5.41, 5.74) is 0. The third kappa shape index (κ3) is 3.44. The van der Waals surface area contributed by atoms with Crippen molar-refractivity contribution in [2.45, 2.75) is 51.2 Å². The summed E-state index contributed by atoms with van der Waals surface area (Å²) in [4.78, 5) is 0. The van der Waals surface area contributed by atoms with Crippen LogP contribution in [-0.4, -0.2) is 38.5 Å². The van der Waals surface area contributed by atoms with E-state index in [9.17, 15) is 0 Å². The van der Waals surface area contributed by atoms with Gasteiger partial charge in [-0.25, -0.2) is 0 Å². The van der Waals surface area contributed by atoms with Gasteiger partial charge >= 0.3 is 0 Å². The van der Waals surface area contributed by atoms with Crippen molar-refractivity contribution in [2.24, 2.45) is 5.92 Å². The van der Waals surface area contributed by atoms with Crippen LogP contribution in [0.1, 0.15) is 39.0 Å². The van der Waals surface area contributed by atoms with Gasteiger partial charge in [0.1, 0.15) is 0 Å². The van der Waals surface area contributed by atoms with Gasteiger partial charge in [-0.05, 0) is 38.1 Å². The quantitative estimate of drug-likeness (QED) is 0.752. The second kappa shape index (κ2) is 6.58. The highest BCUT2D eigenvalue weighted by molar-refractivity contribution is 4.82. The zero-order chi connectivity index (χ0) is 11.2. The Balaban J connectivity index is 1.60. The van der Waals surface area contributed by atoms with Crippen LogP contribution in [0.3, 0.4) is 0 Å². The van der Waals surface area contributed by atoms with Crippen LogP contribution in [0.5, 0.6) is 0 Å². The molecule has 1 N–H and O–H groups in total. The second-order valence-electron chi connectivity index (χ2n) is 5.00. The molecule has 0 bridgehead atoms. The lowest BCUT2D eigenvalue weighted by molar-refractivity contribution is 0.0343. The van der Waals surface area contributed by atoms with E-state index in [0.29, 0.717) is 6.10 Å². The van der Waals surface area contributed by atoms with Crippen LogP contribution in [0.25, 0.3) is 0 Å². The van der Waals surface area contributed by atoms with Gasteiger partial charge in [0, 0.05) is 19.3 Å². The van der Waals surface area contributed by atoms with E-state index in [2.05, 4.69) is 12.2 Å². The third-order valence-electron chi connectivity index (χ3n) is 3.86. The minimum Gasteiger partial charge on any atom is -0.379 e. The number of hydrogen-bond acceptors (Lipinski definition) is 3. The van der Waals surface area contributed by atoms with Crippen LogP contribution >= 0.6 is 0 Å². The molecule has 3 heteroatoms. The highest BCUT2D eigenvalue weighted by Crippen LogP contribution is 2.28. The molecule has 3 unspecified atom stereocenters. The maximum atomic E-state index is 5.84. The number of nitrogens with one attached hydrogen (secondary N) is 1. The number of hydrogen-bond donors (Lipinski definition) is 1. The lowest BCUT2D eigenvalue weighted by Crippen LogP contribution is -2.32. The molecule has 1 saturated carbocycles. The molecule has 0 aromatic carbocycles. The molecule has 2 fully saturated rings. The number of ether oxygens (including phenoxy) is 2. The zero-order valence-corrected chi connectivity index (χ0v) is 10.4. The Morgan fingerprint density at radius 3 is 3.00 bits per heavy atom. The van der Waals surface area contributed by atoms with Crippen LogP contribution in [-0.2, 0) is 9.47 Å². The first-order valence-corrected chi connectivity index (χ1v) is 6.83. The minimum absolute atomic E-state index is 0.374. The fourth-order valence-electron chi connectivity index (χ4n) is 2.94. The summed E-state index contributed by atoms with van der Waals surface area (Å²) in [6.07, 6.45) is 6.79. The summed E-state index contributed by atoms with van der Waals surface area (Å²) in [6.45, 7) is 5.90. The van der Waals surface area contributed by atoms with Gasteiger partial charge in [0.25, 0.3) is 0 Å². The Morgan fingerprint density at radius 2 is 2.25 bits per heavy atom. The van der Waals surface area contributed by atoms with E-state index >= 15 is 0 Å². The third-order valence-corrected chi connectivity index (χ3v) is 3.86. The molecule has 1 heterocycles. The Kier molecular flexibility index (Phi) is 5.07. The van der Waals surface area contributed by atoms with Crippen LogP contribution in [0.4, 0.5) is 0 Å². The van der Waals surface area contributed by atoms with Crippen molar-refractivity contribution in [2.75, 3.05) is 26.4 Å². The molecule has 2 aliphatic rings. The van der Waals surface area contributed by atoms with Gasteiger partial charge in [0.15, 0.2) is 0 Å². The average molecular weight is 227 g/mol. The van der Waals surface area contributed by atoms with Crippen molar-refractivity contribution in [3.63, 3.8) is 0 Å². The van der Waals surface area contributed by atoms with E-state index in [-0.39, 0.29) is 0 Å². The zero-order valence-electron chi connectivity index (χ0n) is 10.4. The van der Waals surface area contributed by atoms with Crippen molar-refractivity contribution in [1.82, 2.24) is 5.32 Å². The van der Waals surface area contributed by atoms with Crippen LogP contribution in [0.2, 0.25) is 0 Å². The van der Waals surface area contributed by atoms with Crippen molar-refractivity contribution < 1.29 is 9.47 Å². The molecule has 1 aliphatic carbocycles. The fraction of sp³-hybridized carbons (Fsp3) is 1.00. The summed E-state index contributed by atoms with van der Waals surface area (Å²) >= 11 is 0. The highest BCUT2D eigenvalue weighted by Gasteiger charge is 2.26. The van der Waals surface area contributed by atoms with Gasteiger partial charge in [-0.15, -0.1) is 0 Å². The molecule has 2 rings (SSSR count). The average Bonchev–Trinajstić information content (AvgIpc) is 2.91. The smallest absolute Gasteiger partial charge is 0.0830 e. The van der Waals surface area contributed by atoms with Gasteiger partial charge in [0.05, 0.1) is 12.7 Å². The van der Waals surface area contributed by atoms with Gasteiger partial charge < -0.3 is 14.8 Å². The van der Waals surface area contributed by atoms with Crippen molar-refractivity contribution in [1.29, 1.82) is 0 Å². The van der Waals surface area contributed by atoms with Gasteiger partial charge in [-0.2, -0.15) is 0 Å². The molecule has 94 valence electrons. The van der Waals surface area contributed by atoms with Gasteiger partial charge in [-0.1, -0.05) is 13.3 Å². The summed E-state index contributed by atoms with van der Waals surface area (Å²) < 4.78 is 11.1. The first kappa shape index (κ1) is 12.3. The van der Waals surface area contributed by atoms with Gasteiger partial charge in [-0.3, -0.25) is 0 Å². The monoisotopic (exact) mass is 227 g/mol. The summed E-state index contributed by atoms with van der Waals surface area (Å²) in [7, 11) is 0. The maximum Gasteiger partial charge on any atom is 0.0830 e. The van der Waals surface area contributed by atoms with E-state index in [4.69, 9.17) is 9.47 Å². The highest BCUT2D eigenvalue weighted by atomic mass is 16.5. The largest absolute Gasteiger partial charge is 0.379 e. The predicted octanol–water partition coefficient (Wildman–Crippen LogP) is 1.96. The fourth-order valence-corrected chi connectivity index (χ4v) is 2.94. The molecule has 0 amide bonds. The van der Waals surface area contributed by atoms with E-state index < -0.39 is 0 Å². The summed E-state index contributed by atoms with van der Waals surface area (Å²) in [5, 5.41) is 3.59. The standard InChI is InChI=1S/C13H25NO2/c1-2-14-13-5-3-4-11(13)6-9-16-12-7-8-15-10-12/h11-14H,2-10H2,1H3. The van der Waals surface area contributed by atoms with Crippen LogP contribution in [0.15, 0.2) is 0 Å². The molecule has 1 aliphatic heterocycles. The molecule has 3 nitrogen and oxygen atoms in total. The maximum absolute atomic E-state index is 5.84. The van der Waals surface area contributed by atoms with E-state index in [1.54, 1.807) is 0 Å². The topological polar surface area (TPSA) is 30.5 Å². The van der Waals surface area contributed by atoms with Crippen LogP contribution in [0, 0.1) is 5.92 Å². The Morgan fingerprint density at radius 1 is 1.31 bits per heavy atom. The molecular formula is C13H25NO2. The van der Waals surface area contributed by atoms with E-state index in [0.717, 1.165) is 44.7 Å². The van der Waals surface area contributed by atoms with E-state index in [1.807, 2.05) is 0 Å². The molecule has 0 spiro atoms. The molecule has 0 aromatic rings. The molecular weight excluding hydrogens is 202 g/mol. The number of rotatable bonds is 6. The normalized spacial score (nSPS) is 34.7. The lowest BCUT2D eigenvalue weighted by Gasteiger charge is -2.21. The summed E-state index contributed by atoms with van der Waals surface area (Å²) in [5.74, 6) is 0.835. The van der Waals surface area contributed by atoms with Crippen molar-refractivity contribution >= 4 is 0 Å². The Labute approximate surface area is 98.9 Å². The first-order valence-electron chi connectivity index (χ1n) is 6.83. The molecule has 3 atom stereocenters. The Bertz CT molecular complexity index is 192. The van der Waals surface area contributed by atoms with Crippen molar-refractivity contribution in [3.05, 3.63) is 0 Å². The lowest BCUT2D eigenvalue weighted by atomic mass is 10.00. The Hall–Kier alpha value is -0.120. The van der Waals surface area contributed by atoms with Crippen molar-refractivity contribution in [3.8, 4) is 0 Å². The molecule has 1 saturated heterocycles. The SMILES string of the molecule is CCNC1CCCC1CCOC1CCOC1. The molecule has 16 heavy (non-hydrogen) atoms. The molecule has 0 radical (unpaired) electrons. The first-order chi connectivity index (χ1) is 7.90. The van der Waals surface area contributed by atoms with Crippen LogP contribution < -0.4 is 5.32 Å². The minimum atomic E-state index is 0.374.